The second-order valence-corrected chi connectivity index (χ2v) is 8.29. The molecule has 1 aromatic carbocycles. The highest BCUT2D eigenvalue weighted by atomic mass is 16.6. The Balaban J connectivity index is 1.54. The quantitative estimate of drug-likeness (QED) is 0.169. The molecule has 0 spiro atoms. The zero-order valence-corrected chi connectivity index (χ0v) is 18.5. The third-order valence-electron chi connectivity index (χ3n) is 5.73. The summed E-state index contributed by atoms with van der Waals surface area (Å²) in [5.74, 6) is 0.0623. The van der Waals surface area contributed by atoms with Crippen LogP contribution in [0.1, 0.15) is 96.8 Å². The summed E-state index contributed by atoms with van der Waals surface area (Å²) in [5, 5.41) is 16.8. The van der Waals surface area contributed by atoms with Gasteiger partial charge in [0.25, 0.3) is 5.69 Å². The van der Waals surface area contributed by atoms with Gasteiger partial charge in [-0.15, -0.1) is 0 Å². The lowest BCUT2D eigenvalue weighted by Gasteiger charge is -2.11. The van der Waals surface area contributed by atoms with Crippen molar-refractivity contribution in [2.24, 2.45) is 5.10 Å². The Kier molecular flexibility index (Phi) is 11.1. The molecule has 1 aliphatic heterocycles. The van der Waals surface area contributed by atoms with Crippen LogP contribution in [-0.2, 0) is 4.79 Å². The van der Waals surface area contributed by atoms with Gasteiger partial charge >= 0.3 is 0 Å². The fourth-order valence-corrected chi connectivity index (χ4v) is 3.86. The molecular formula is C24H37N3O3. The van der Waals surface area contributed by atoms with Crippen LogP contribution in [-0.4, -0.2) is 23.0 Å². The molecule has 0 saturated heterocycles. The van der Waals surface area contributed by atoms with E-state index in [-0.39, 0.29) is 18.0 Å². The number of anilines is 1. The predicted octanol–water partition coefficient (Wildman–Crippen LogP) is 6.82. The lowest BCUT2D eigenvalue weighted by molar-refractivity contribution is -0.384. The molecule has 1 heterocycles. The molecule has 1 aliphatic rings. The number of benzene rings is 1. The van der Waals surface area contributed by atoms with Crippen molar-refractivity contribution < 1.29 is 9.72 Å². The molecule has 0 atom stereocenters. The topological polar surface area (TPSA) is 75.8 Å². The van der Waals surface area contributed by atoms with Crippen LogP contribution in [0.5, 0.6) is 0 Å². The van der Waals surface area contributed by atoms with Gasteiger partial charge in [0, 0.05) is 12.1 Å². The summed E-state index contributed by atoms with van der Waals surface area (Å²) in [6, 6.07) is 6.17. The average molecular weight is 416 g/mol. The zero-order chi connectivity index (χ0) is 21.6. The van der Waals surface area contributed by atoms with Crippen molar-refractivity contribution in [1.29, 1.82) is 0 Å². The van der Waals surface area contributed by atoms with E-state index < -0.39 is 4.92 Å². The van der Waals surface area contributed by atoms with E-state index in [9.17, 15) is 14.9 Å². The van der Waals surface area contributed by atoms with Crippen LogP contribution in [0.15, 0.2) is 29.4 Å². The van der Waals surface area contributed by atoms with Crippen molar-refractivity contribution in [1.82, 2.24) is 0 Å². The van der Waals surface area contributed by atoms with E-state index >= 15 is 0 Å². The molecule has 0 aromatic heterocycles. The fourth-order valence-electron chi connectivity index (χ4n) is 3.86. The van der Waals surface area contributed by atoms with E-state index in [0.717, 1.165) is 19.3 Å². The first kappa shape index (κ1) is 24.0. The number of ketones is 1. The zero-order valence-electron chi connectivity index (χ0n) is 18.5. The van der Waals surface area contributed by atoms with Gasteiger partial charge in [0.05, 0.1) is 10.6 Å². The van der Waals surface area contributed by atoms with E-state index in [4.69, 9.17) is 0 Å². The monoisotopic (exact) mass is 415 g/mol. The summed E-state index contributed by atoms with van der Waals surface area (Å²) in [5.41, 5.74) is 1.39. The maximum atomic E-state index is 12.2. The summed E-state index contributed by atoms with van der Waals surface area (Å²) in [7, 11) is 0. The highest BCUT2D eigenvalue weighted by molar-refractivity contribution is 6.42. The molecule has 0 N–H and O–H groups in total. The van der Waals surface area contributed by atoms with Crippen molar-refractivity contribution >= 4 is 22.9 Å². The summed E-state index contributed by atoms with van der Waals surface area (Å²) in [6.07, 6.45) is 17.7. The number of non-ortho nitro benzene ring substituents is 1. The minimum atomic E-state index is -0.428. The van der Waals surface area contributed by atoms with Crippen LogP contribution >= 0.6 is 0 Å². The van der Waals surface area contributed by atoms with E-state index in [0.29, 0.717) is 11.4 Å². The number of nitro groups is 1. The van der Waals surface area contributed by atoms with Gasteiger partial charge in [-0.1, -0.05) is 84.0 Å². The maximum Gasteiger partial charge on any atom is 0.269 e. The van der Waals surface area contributed by atoms with E-state index in [1.165, 1.54) is 82.8 Å². The minimum absolute atomic E-state index is 0.0421. The largest absolute Gasteiger partial charge is 0.291 e. The van der Waals surface area contributed by atoms with Gasteiger partial charge < -0.3 is 0 Å². The Morgan fingerprint density at radius 3 is 1.87 bits per heavy atom. The van der Waals surface area contributed by atoms with Crippen LogP contribution in [0.25, 0.3) is 0 Å². The molecule has 2 rings (SSSR count). The lowest BCUT2D eigenvalue weighted by Crippen LogP contribution is -2.18. The number of hydrazone groups is 1. The third kappa shape index (κ3) is 8.64. The third-order valence-corrected chi connectivity index (χ3v) is 5.73. The second-order valence-electron chi connectivity index (χ2n) is 8.29. The Morgan fingerprint density at radius 2 is 1.37 bits per heavy atom. The van der Waals surface area contributed by atoms with Gasteiger partial charge in [0.1, 0.15) is 12.3 Å². The molecule has 0 bridgehead atoms. The van der Waals surface area contributed by atoms with E-state index in [1.54, 1.807) is 17.1 Å². The Bertz CT molecular complexity index is 685. The highest BCUT2D eigenvalue weighted by Gasteiger charge is 2.24. The van der Waals surface area contributed by atoms with Crippen molar-refractivity contribution in [3.05, 3.63) is 34.4 Å². The molecule has 0 aliphatic carbocycles. The standard InChI is InChI=1S/C24H37N3O3/c1-2-3-4-5-6-7-8-9-10-11-12-13-14-15-23-24(28)20-26(25-23)21-16-18-22(19-17-21)27(29)30/h16-19H,2-15,20H2,1H3. The molecule has 0 amide bonds. The van der Waals surface area contributed by atoms with Crippen LogP contribution < -0.4 is 5.01 Å². The summed E-state index contributed by atoms with van der Waals surface area (Å²) in [4.78, 5) is 22.5. The number of nitro benzene ring substituents is 1. The van der Waals surface area contributed by atoms with Gasteiger partial charge in [-0.3, -0.25) is 19.9 Å². The maximum absolute atomic E-state index is 12.2. The highest BCUT2D eigenvalue weighted by Crippen LogP contribution is 2.23. The van der Waals surface area contributed by atoms with Crippen LogP contribution in [0.4, 0.5) is 11.4 Å². The average Bonchev–Trinajstić information content (AvgIpc) is 3.12. The van der Waals surface area contributed by atoms with Gasteiger partial charge in [-0.2, -0.15) is 5.10 Å². The van der Waals surface area contributed by atoms with Crippen molar-refractivity contribution in [2.75, 3.05) is 11.6 Å². The number of hydrogen-bond donors (Lipinski definition) is 0. The van der Waals surface area contributed by atoms with Gasteiger partial charge in [0.2, 0.25) is 0 Å². The first-order chi connectivity index (χ1) is 14.6. The summed E-state index contributed by atoms with van der Waals surface area (Å²) in [6.45, 7) is 2.49. The number of carbonyl (C=O) groups excluding carboxylic acids is 1. The molecule has 0 saturated carbocycles. The second kappa shape index (κ2) is 13.9. The van der Waals surface area contributed by atoms with Crippen LogP contribution in [0, 0.1) is 10.1 Å². The molecule has 166 valence electrons. The Morgan fingerprint density at radius 1 is 0.867 bits per heavy atom. The molecule has 0 unspecified atom stereocenters. The SMILES string of the molecule is CCCCCCCCCCCCCCCC1=NN(c2ccc([N+](=O)[O-])cc2)CC1=O. The normalized spacial score (nSPS) is 13.7. The number of nitrogens with zero attached hydrogens (tertiary/aromatic N) is 3. The van der Waals surface area contributed by atoms with Crippen LogP contribution in [0.3, 0.4) is 0 Å². The Hall–Kier alpha value is -2.24. The van der Waals surface area contributed by atoms with Gasteiger partial charge in [-0.05, 0) is 25.0 Å². The first-order valence-corrected chi connectivity index (χ1v) is 11.7. The fraction of sp³-hybridized carbons (Fsp3) is 0.667. The summed E-state index contributed by atoms with van der Waals surface area (Å²) >= 11 is 0. The predicted molar refractivity (Wildman–Crippen MR) is 123 cm³/mol. The molecule has 0 fully saturated rings. The first-order valence-electron chi connectivity index (χ1n) is 11.7. The number of unbranched alkanes of at least 4 members (excludes halogenated alkanes) is 12. The molecule has 6 nitrogen and oxygen atoms in total. The molecule has 6 heteroatoms. The van der Waals surface area contributed by atoms with Gasteiger partial charge in [0.15, 0.2) is 5.78 Å². The number of Topliss-reactive ketones (excluding diaryl/α,β-unsaturated/α-hetero) is 1. The van der Waals surface area contributed by atoms with Crippen molar-refractivity contribution in [3.8, 4) is 0 Å². The number of hydrogen-bond acceptors (Lipinski definition) is 5. The minimum Gasteiger partial charge on any atom is -0.291 e. The molecule has 1 aromatic rings. The van der Waals surface area contributed by atoms with Crippen LogP contribution in [0.2, 0.25) is 0 Å². The molecular weight excluding hydrogens is 378 g/mol. The smallest absolute Gasteiger partial charge is 0.269 e. The number of rotatable bonds is 16. The van der Waals surface area contributed by atoms with Crippen molar-refractivity contribution in [3.63, 3.8) is 0 Å². The van der Waals surface area contributed by atoms with Crippen molar-refractivity contribution in [2.45, 2.75) is 96.8 Å². The van der Waals surface area contributed by atoms with E-state index in [1.807, 2.05) is 0 Å². The lowest BCUT2D eigenvalue weighted by atomic mass is 10.0. The van der Waals surface area contributed by atoms with E-state index in [2.05, 4.69) is 12.0 Å². The molecule has 0 radical (unpaired) electrons. The molecule has 30 heavy (non-hydrogen) atoms. The number of carbonyl (C=O) groups is 1. The van der Waals surface area contributed by atoms with Gasteiger partial charge in [-0.25, -0.2) is 0 Å². The Labute approximate surface area is 180 Å². The summed E-state index contributed by atoms with van der Waals surface area (Å²) < 4.78 is 0.